The smallest absolute Gasteiger partial charge is 0.124 e. The molecule has 108 valence electrons. The predicted octanol–water partition coefficient (Wildman–Crippen LogP) is 5.31. The lowest BCUT2D eigenvalue weighted by atomic mass is 10.1. The third kappa shape index (κ3) is 3.68. The molecule has 1 unspecified atom stereocenters. The summed E-state index contributed by atoms with van der Waals surface area (Å²) in [7, 11) is 0. The van der Waals surface area contributed by atoms with Crippen molar-refractivity contribution in [3.8, 4) is 10.4 Å². The molecule has 1 N–H and O–H groups in total. The standard InChI is InChI=1S/C17H22FNS/c1-4-6-15(19-5-2)17-8-7-16(20-17)13-9-12(3)10-14(18)11-13/h7-11,15,19H,4-6H2,1-3H3. The third-order valence-electron chi connectivity index (χ3n) is 3.32. The van der Waals surface area contributed by atoms with E-state index in [1.807, 2.05) is 13.0 Å². The lowest BCUT2D eigenvalue weighted by Gasteiger charge is -2.15. The summed E-state index contributed by atoms with van der Waals surface area (Å²) in [6.07, 6.45) is 2.29. The number of hydrogen-bond donors (Lipinski definition) is 1. The number of hydrogen-bond acceptors (Lipinski definition) is 2. The molecule has 1 heterocycles. The van der Waals surface area contributed by atoms with Crippen LogP contribution in [-0.4, -0.2) is 6.54 Å². The van der Waals surface area contributed by atoms with Crippen LogP contribution in [0.2, 0.25) is 0 Å². The van der Waals surface area contributed by atoms with Gasteiger partial charge < -0.3 is 5.32 Å². The summed E-state index contributed by atoms with van der Waals surface area (Å²) in [5.74, 6) is -0.160. The molecule has 1 aromatic heterocycles. The van der Waals surface area contributed by atoms with Gasteiger partial charge in [-0.3, -0.25) is 0 Å². The van der Waals surface area contributed by atoms with Gasteiger partial charge >= 0.3 is 0 Å². The molecule has 2 rings (SSSR count). The van der Waals surface area contributed by atoms with Gasteiger partial charge in [-0.1, -0.05) is 26.3 Å². The van der Waals surface area contributed by atoms with E-state index in [9.17, 15) is 4.39 Å². The summed E-state index contributed by atoms with van der Waals surface area (Å²) in [6, 6.07) is 9.91. The molecule has 2 aromatic rings. The second kappa shape index (κ2) is 7.00. The SMILES string of the molecule is CCCC(NCC)c1ccc(-c2cc(C)cc(F)c2)s1. The Bertz CT molecular complexity index is 536. The minimum absolute atomic E-state index is 0.160. The van der Waals surface area contributed by atoms with Crippen LogP contribution in [0.25, 0.3) is 10.4 Å². The zero-order chi connectivity index (χ0) is 14.5. The van der Waals surface area contributed by atoms with E-state index in [1.54, 1.807) is 23.5 Å². The van der Waals surface area contributed by atoms with Gasteiger partial charge in [0.15, 0.2) is 0 Å². The van der Waals surface area contributed by atoms with Crippen LogP contribution in [0.4, 0.5) is 4.39 Å². The zero-order valence-corrected chi connectivity index (χ0v) is 13.2. The highest BCUT2D eigenvalue weighted by Gasteiger charge is 2.13. The molecular formula is C17H22FNS. The maximum atomic E-state index is 13.5. The van der Waals surface area contributed by atoms with Crippen molar-refractivity contribution >= 4 is 11.3 Å². The molecule has 0 bridgehead atoms. The number of thiophene rings is 1. The lowest BCUT2D eigenvalue weighted by molar-refractivity contribution is 0.516. The molecule has 0 saturated carbocycles. The van der Waals surface area contributed by atoms with Crippen LogP contribution in [0.1, 0.15) is 43.2 Å². The summed E-state index contributed by atoms with van der Waals surface area (Å²) < 4.78 is 13.5. The monoisotopic (exact) mass is 291 g/mol. The molecule has 0 aliphatic heterocycles. The Balaban J connectivity index is 2.27. The average molecular weight is 291 g/mol. The Morgan fingerprint density at radius 1 is 1.20 bits per heavy atom. The number of nitrogens with one attached hydrogen (secondary N) is 1. The molecule has 0 amide bonds. The normalized spacial score (nSPS) is 12.6. The van der Waals surface area contributed by atoms with E-state index >= 15 is 0 Å². The van der Waals surface area contributed by atoms with Crippen LogP contribution >= 0.6 is 11.3 Å². The largest absolute Gasteiger partial charge is 0.310 e. The van der Waals surface area contributed by atoms with Crippen LogP contribution in [-0.2, 0) is 0 Å². The lowest BCUT2D eigenvalue weighted by Crippen LogP contribution is -2.19. The minimum atomic E-state index is -0.160. The van der Waals surface area contributed by atoms with Crippen LogP contribution in [0.15, 0.2) is 30.3 Å². The molecule has 0 spiro atoms. The summed E-state index contributed by atoms with van der Waals surface area (Å²) in [4.78, 5) is 2.48. The highest BCUT2D eigenvalue weighted by Crippen LogP contribution is 2.33. The van der Waals surface area contributed by atoms with Crippen molar-refractivity contribution in [2.24, 2.45) is 0 Å². The molecule has 0 fully saturated rings. The Labute approximate surface area is 124 Å². The first-order valence-corrected chi connectivity index (χ1v) is 8.06. The van der Waals surface area contributed by atoms with Gasteiger partial charge in [-0.15, -0.1) is 11.3 Å². The topological polar surface area (TPSA) is 12.0 Å². The van der Waals surface area contributed by atoms with Gasteiger partial charge in [0.05, 0.1) is 0 Å². The Morgan fingerprint density at radius 2 is 2.00 bits per heavy atom. The molecule has 0 saturated heterocycles. The molecule has 20 heavy (non-hydrogen) atoms. The van der Waals surface area contributed by atoms with Crippen LogP contribution in [0.5, 0.6) is 0 Å². The Morgan fingerprint density at radius 3 is 2.65 bits per heavy atom. The fourth-order valence-corrected chi connectivity index (χ4v) is 3.56. The van der Waals surface area contributed by atoms with Crippen LogP contribution in [0.3, 0.4) is 0 Å². The van der Waals surface area contributed by atoms with Gasteiger partial charge in [-0.25, -0.2) is 4.39 Å². The summed E-state index contributed by atoms with van der Waals surface area (Å²) >= 11 is 1.76. The quantitative estimate of drug-likeness (QED) is 0.760. The van der Waals surface area contributed by atoms with Gasteiger partial charge in [0.1, 0.15) is 5.82 Å². The Kier molecular flexibility index (Phi) is 5.32. The van der Waals surface area contributed by atoms with Gasteiger partial charge in [0.2, 0.25) is 0 Å². The third-order valence-corrected chi connectivity index (χ3v) is 4.57. The highest BCUT2D eigenvalue weighted by atomic mass is 32.1. The number of halogens is 1. The van der Waals surface area contributed by atoms with Gasteiger partial charge in [-0.2, -0.15) is 0 Å². The van der Waals surface area contributed by atoms with E-state index in [1.165, 1.54) is 4.88 Å². The molecule has 1 nitrogen and oxygen atoms in total. The number of aryl methyl sites for hydroxylation is 1. The fraction of sp³-hybridized carbons (Fsp3) is 0.412. The average Bonchev–Trinajstić information content (AvgIpc) is 2.87. The molecule has 0 aliphatic carbocycles. The highest BCUT2D eigenvalue weighted by molar-refractivity contribution is 7.15. The zero-order valence-electron chi connectivity index (χ0n) is 12.4. The van der Waals surface area contributed by atoms with E-state index in [-0.39, 0.29) is 5.82 Å². The summed E-state index contributed by atoms with van der Waals surface area (Å²) in [5, 5.41) is 3.52. The van der Waals surface area contributed by atoms with E-state index in [0.717, 1.165) is 35.4 Å². The first-order valence-electron chi connectivity index (χ1n) is 7.24. The molecule has 1 aromatic carbocycles. The van der Waals surface area contributed by atoms with Crippen LogP contribution < -0.4 is 5.32 Å². The van der Waals surface area contributed by atoms with E-state index in [2.05, 4.69) is 31.3 Å². The van der Waals surface area contributed by atoms with Gasteiger partial charge in [-0.05, 0) is 55.3 Å². The van der Waals surface area contributed by atoms with Crippen molar-refractivity contribution in [2.45, 2.75) is 39.7 Å². The van der Waals surface area contributed by atoms with E-state index in [4.69, 9.17) is 0 Å². The molecular weight excluding hydrogens is 269 g/mol. The maximum Gasteiger partial charge on any atom is 0.124 e. The summed E-state index contributed by atoms with van der Waals surface area (Å²) in [5.41, 5.74) is 1.94. The Hall–Kier alpha value is -1.19. The van der Waals surface area contributed by atoms with Crippen molar-refractivity contribution in [1.82, 2.24) is 5.32 Å². The van der Waals surface area contributed by atoms with Crippen molar-refractivity contribution in [1.29, 1.82) is 0 Å². The number of benzene rings is 1. The van der Waals surface area contributed by atoms with Crippen molar-refractivity contribution < 1.29 is 4.39 Å². The van der Waals surface area contributed by atoms with E-state index in [0.29, 0.717) is 6.04 Å². The molecule has 0 aliphatic rings. The summed E-state index contributed by atoms with van der Waals surface area (Å²) in [6.45, 7) is 7.23. The first kappa shape index (κ1) is 15.2. The molecule has 1 atom stereocenters. The number of rotatable bonds is 6. The van der Waals surface area contributed by atoms with Crippen molar-refractivity contribution in [3.05, 3.63) is 46.6 Å². The molecule has 0 radical (unpaired) electrons. The van der Waals surface area contributed by atoms with Crippen LogP contribution in [0, 0.1) is 12.7 Å². The molecule has 3 heteroatoms. The van der Waals surface area contributed by atoms with Crippen molar-refractivity contribution in [3.63, 3.8) is 0 Å². The maximum absolute atomic E-state index is 13.5. The predicted molar refractivity (Wildman–Crippen MR) is 85.8 cm³/mol. The first-order chi connectivity index (χ1) is 9.63. The second-order valence-electron chi connectivity index (χ2n) is 5.12. The fourth-order valence-electron chi connectivity index (χ4n) is 2.45. The van der Waals surface area contributed by atoms with Gasteiger partial charge in [0.25, 0.3) is 0 Å². The van der Waals surface area contributed by atoms with E-state index < -0.39 is 0 Å². The second-order valence-corrected chi connectivity index (χ2v) is 6.23. The minimum Gasteiger partial charge on any atom is -0.310 e. The van der Waals surface area contributed by atoms with Crippen molar-refractivity contribution in [2.75, 3.05) is 6.54 Å². The van der Waals surface area contributed by atoms with Gasteiger partial charge in [0, 0.05) is 15.8 Å².